The van der Waals surface area contributed by atoms with E-state index in [1.54, 1.807) is 5.51 Å². The smallest absolute Gasteiger partial charge is 0.0795 e. The van der Waals surface area contributed by atoms with Crippen molar-refractivity contribution in [3.05, 3.63) is 16.6 Å². The SMILES string of the molecule is Cl.Cl.N[C@@H](CO)c1cscn1. The van der Waals surface area contributed by atoms with E-state index < -0.39 is 0 Å². The molecule has 6 heteroatoms. The van der Waals surface area contributed by atoms with Crippen LogP contribution in [-0.2, 0) is 0 Å². The van der Waals surface area contributed by atoms with Crippen molar-refractivity contribution in [3.8, 4) is 0 Å². The Bertz CT molecular complexity index is 171. The van der Waals surface area contributed by atoms with Crippen LogP contribution in [0.5, 0.6) is 0 Å². The molecule has 0 aromatic carbocycles. The molecule has 0 saturated heterocycles. The Morgan fingerprint density at radius 1 is 1.64 bits per heavy atom. The standard InChI is InChI=1S/C5H8N2OS.2ClH/c6-4(1-8)5-2-9-3-7-5;;/h2-4,8H,1,6H2;2*1H/t4-;;/m0../s1. The molecule has 0 radical (unpaired) electrons. The fraction of sp³-hybridized carbons (Fsp3) is 0.400. The van der Waals surface area contributed by atoms with E-state index >= 15 is 0 Å². The largest absolute Gasteiger partial charge is 0.394 e. The van der Waals surface area contributed by atoms with E-state index in [2.05, 4.69) is 4.98 Å². The molecule has 1 aromatic heterocycles. The maximum absolute atomic E-state index is 8.55. The first-order valence-corrected chi connectivity index (χ1v) is 3.53. The summed E-state index contributed by atoms with van der Waals surface area (Å²) in [6, 6.07) is -0.309. The molecule has 66 valence electrons. The lowest BCUT2D eigenvalue weighted by Crippen LogP contribution is -2.14. The molecule has 1 atom stereocenters. The lowest BCUT2D eigenvalue weighted by molar-refractivity contribution is 0.266. The molecule has 0 bridgehead atoms. The molecule has 1 heterocycles. The number of aliphatic hydroxyl groups excluding tert-OH is 1. The van der Waals surface area contributed by atoms with Gasteiger partial charge in [-0.05, 0) is 0 Å². The number of nitrogens with zero attached hydrogens (tertiary/aromatic N) is 1. The van der Waals surface area contributed by atoms with Gasteiger partial charge in [0.25, 0.3) is 0 Å². The fourth-order valence-electron chi connectivity index (χ4n) is 0.499. The zero-order valence-electron chi connectivity index (χ0n) is 5.64. The van der Waals surface area contributed by atoms with Crippen LogP contribution in [0.15, 0.2) is 10.9 Å². The van der Waals surface area contributed by atoms with Crippen molar-refractivity contribution in [3.63, 3.8) is 0 Å². The number of hydrogen-bond acceptors (Lipinski definition) is 4. The van der Waals surface area contributed by atoms with Gasteiger partial charge < -0.3 is 10.8 Å². The van der Waals surface area contributed by atoms with Crippen LogP contribution >= 0.6 is 36.2 Å². The molecule has 3 N–H and O–H groups in total. The first-order chi connectivity index (χ1) is 4.34. The van der Waals surface area contributed by atoms with Gasteiger partial charge in [-0.1, -0.05) is 0 Å². The molecule has 0 spiro atoms. The molecule has 0 fully saturated rings. The topological polar surface area (TPSA) is 59.1 Å². The number of rotatable bonds is 2. The summed E-state index contributed by atoms with van der Waals surface area (Å²) in [7, 11) is 0. The van der Waals surface area contributed by atoms with Crippen LogP contribution < -0.4 is 5.73 Å². The molecular formula is C5H10Cl2N2OS. The van der Waals surface area contributed by atoms with Gasteiger partial charge in [0.15, 0.2) is 0 Å². The molecule has 11 heavy (non-hydrogen) atoms. The van der Waals surface area contributed by atoms with Crippen LogP contribution in [-0.4, -0.2) is 16.7 Å². The minimum atomic E-state index is -0.309. The molecule has 0 amide bonds. The number of hydrogen-bond donors (Lipinski definition) is 2. The summed E-state index contributed by atoms with van der Waals surface area (Å²) in [5.41, 5.74) is 7.90. The first-order valence-electron chi connectivity index (χ1n) is 2.59. The average Bonchev–Trinajstić information content (AvgIpc) is 2.37. The minimum absolute atomic E-state index is 0. The van der Waals surface area contributed by atoms with Crippen LogP contribution in [0.25, 0.3) is 0 Å². The summed E-state index contributed by atoms with van der Waals surface area (Å²) in [5, 5.41) is 10.4. The Balaban J connectivity index is 0. The maximum Gasteiger partial charge on any atom is 0.0795 e. The predicted molar refractivity (Wildman–Crippen MR) is 50.6 cm³/mol. The molecule has 1 aromatic rings. The zero-order valence-corrected chi connectivity index (χ0v) is 8.09. The van der Waals surface area contributed by atoms with Crippen LogP contribution in [0.4, 0.5) is 0 Å². The van der Waals surface area contributed by atoms with Gasteiger partial charge in [0.05, 0.1) is 23.9 Å². The monoisotopic (exact) mass is 216 g/mol. The van der Waals surface area contributed by atoms with Gasteiger partial charge in [-0.2, -0.15) is 0 Å². The third kappa shape index (κ3) is 3.88. The number of nitrogens with two attached hydrogens (primary N) is 1. The van der Waals surface area contributed by atoms with Crippen LogP contribution in [0.1, 0.15) is 11.7 Å². The molecule has 0 unspecified atom stereocenters. The quantitative estimate of drug-likeness (QED) is 0.776. The minimum Gasteiger partial charge on any atom is -0.394 e. The predicted octanol–water partition coefficient (Wildman–Crippen LogP) is 0.979. The molecule has 0 aliphatic rings. The Kier molecular flexibility index (Phi) is 8.49. The van der Waals surface area contributed by atoms with Crippen molar-refractivity contribution in [2.24, 2.45) is 5.73 Å². The third-order valence-corrected chi connectivity index (χ3v) is 1.63. The van der Waals surface area contributed by atoms with Crippen molar-refractivity contribution in [2.45, 2.75) is 6.04 Å². The van der Waals surface area contributed by atoms with Gasteiger partial charge >= 0.3 is 0 Å². The highest BCUT2D eigenvalue weighted by Gasteiger charge is 2.03. The van der Waals surface area contributed by atoms with Gasteiger partial charge in [0, 0.05) is 5.38 Å². The molecule has 0 aliphatic carbocycles. The van der Waals surface area contributed by atoms with E-state index in [0.717, 1.165) is 5.69 Å². The van der Waals surface area contributed by atoms with E-state index in [-0.39, 0.29) is 37.5 Å². The lowest BCUT2D eigenvalue weighted by Gasteiger charge is -2.00. The summed E-state index contributed by atoms with van der Waals surface area (Å²) >= 11 is 1.48. The van der Waals surface area contributed by atoms with E-state index in [9.17, 15) is 0 Å². The first kappa shape index (κ1) is 13.7. The second-order valence-corrected chi connectivity index (χ2v) is 2.42. The molecule has 0 aliphatic heterocycles. The molecule has 3 nitrogen and oxygen atoms in total. The second kappa shape index (κ2) is 6.82. The third-order valence-electron chi connectivity index (χ3n) is 1.03. The summed E-state index contributed by atoms with van der Waals surface area (Å²) < 4.78 is 0. The number of aromatic nitrogens is 1. The van der Waals surface area contributed by atoms with E-state index in [0.29, 0.717) is 0 Å². The van der Waals surface area contributed by atoms with Crippen molar-refractivity contribution in [2.75, 3.05) is 6.61 Å². The zero-order chi connectivity index (χ0) is 6.69. The number of aliphatic hydroxyl groups is 1. The van der Waals surface area contributed by atoms with Crippen LogP contribution in [0.2, 0.25) is 0 Å². The maximum atomic E-state index is 8.55. The van der Waals surface area contributed by atoms with Crippen LogP contribution in [0.3, 0.4) is 0 Å². The van der Waals surface area contributed by atoms with Gasteiger partial charge in [0.2, 0.25) is 0 Å². The van der Waals surface area contributed by atoms with Crippen molar-refractivity contribution >= 4 is 36.2 Å². The Hall–Kier alpha value is 0.130. The van der Waals surface area contributed by atoms with Crippen molar-refractivity contribution in [1.82, 2.24) is 4.98 Å². The van der Waals surface area contributed by atoms with Crippen molar-refractivity contribution in [1.29, 1.82) is 0 Å². The van der Waals surface area contributed by atoms with Gasteiger partial charge in [-0.3, -0.25) is 0 Å². The summed E-state index contributed by atoms with van der Waals surface area (Å²) in [4.78, 5) is 3.92. The highest BCUT2D eigenvalue weighted by molar-refractivity contribution is 7.07. The average molecular weight is 217 g/mol. The Morgan fingerprint density at radius 2 is 2.27 bits per heavy atom. The summed E-state index contributed by atoms with van der Waals surface area (Å²) in [5.74, 6) is 0. The number of halogens is 2. The fourth-order valence-corrected chi connectivity index (χ4v) is 1.12. The van der Waals surface area contributed by atoms with Crippen LogP contribution in [0, 0.1) is 0 Å². The Labute approximate surface area is 81.5 Å². The van der Waals surface area contributed by atoms with Gasteiger partial charge in [-0.25, -0.2) is 4.98 Å². The lowest BCUT2D eigenvalue weighted by atomic mass is 10.3. The van der Waals surface area contributed by atoms with Crippen molar-refractivity contribution < 1.29 is 5.11 Å². The number of thiazole rings is 1. The van der Waals surface area contributed by atoms with E-state index in [4.69, 9.17) is 10.8 Å². The Morgan fingerprint density at radius 3 is 2.64 bits per heavy atom. The second-order valence-electron chi connectivity index (χ2n) is 1.70. The highest BCUT2D eigenvalue weighted by Crippen LogP contribution is 2.08. The highest BCUT2D eigenvalue weighted by atomic mass is 35.5. The molecule has 1 rings (SSSR count). The normalized spacial score (nSPS) is 11.1. The molecule has 0 saturated carbocycles. The molecular weight excluding hydrogens is 207 g/mol. The van der Waals surface area contributed by atoms with E-state index in [1.165, 1.54) is 11.3 Å². The summed E-state index contributed by atoms with van der Waals surface area (Å²) in [6.07, 6.45) is 0. The van der Waals surface area contributed by atoms with Gasteiger partial charge in [-0.15, -0.1) is 36.2 Å². The summed E-state index contributed by atoms with van der Waals surface area (Å²) in [6.45, 7) is -0.0380. The van der Waals surface area contributed by atoms with E-state index in [1.807, 2.05) is 5.38 Å². The van der Waals surface area contributed by atoms with Gasteiger partial charge in [0.1, 0.15) is 0 Å².